The van der Waals surface area contributed by atoms with Crippen LogP contribution < -0.4 is 4.74 Å². The second-order valence-corrected chi connectivity index (χ2v) is 6.17. The van der Waals surface area contributed by atoms with Crippen molar-refractivity contribution in [2.24, 2.45) is 0 Å². The predicted molar refractivity (Wildman–Crippen MR) is 97.3 cm³/mol. The summed E-state index contributed by atoms with van der Waals surface area (Å²) in [5.41, 5.74) is 2.09. The van der Waals surface area contributed by atoms with Crippen molar-refractivity contribution in [3.8, 4) is 5.75 Å². The molecule has 0 aliphatic rings. The Balaban J connectivity index is 1.63. The number of rotatable bonds is 6. The molecule has 0 amide bonds. The topological polar surface area (TPSA) is 29.5 Å². The molecule has 0 bridgehead atoms. The lowest BCUT2D eigenvalue weighted by molar-refractivity contribution is 0.177. The third kappa shape index (κ3) is 4.59. The van der Waals surface area contributed by atoms with E-state index in [1.165, 1.54) is 6.07 Å². The van der Waals surface area contributed by atoms with E-state index in [1.54, 1.807) is 36.4 Å². The van der Waals surface area contributed by atoms with Crippen molar-refractivity contribution in [3.05, 3.63) is 100 Å². The molecule has 2 nitrogen and oxygen atoms in total. The van der Waals surface area contributed by atoms with Gasteiger partial charge in [0.1, 0.15) is 18.2 Å². The van der Waals surface area contributed by atoms with Gasteiger partial charge < -0.3 is 9.84 Å². The fourth-order valence-corrected chi connectivity index (χ4v) is 2.81. The maximum Gasteiger partial charge on any atom is 0.127 e. The number of aliphatic hydroxyl groups is 1. The van der Waals surface area contributed by atoms with E-state index in [0.717, 1.165) is 5.56 Å². The van der Waals surface area contributed by atoms with E-state index < -0.39 is 11.9 Å². The quantitative estimate of drug-likeness (QED) is 0.646. The van der Waals surface area contributed by atoms with Crippen molar-refractivity contribution < 1.29 is 14.2 Å². The van der Waals surface area contributed by atoms with E-state index in [9.17, 15) is 9.50 Å². The zero-order chi connectivity index (χ0) is 17.6. The van der Waals surface area contributed by atoms with Crippen LogP contribution in [0.4, 0.5) is 4.39 Å². The Bertz CT molecular complexity index is 799. The van der Waals surface area contributed by atoms with Gasteiger partial charge in [-0.1, -0.05) is 60.1 Å². The number of benzene rings is 3. The Morgan fingerprint density at radius 1 is 0.920 bits per heavy atom. The van der Waals surface area contributed by atoms with E-state index in [0.29, 0.717) is 28.5 Å². The molecular formula is C21H18ClFO2. The Morgan fingerprint density at radius 3 is 2.32 bits per heavy atom. The molecule has 0 saturated carbocycles. The monoisotopic (exact) mass is 356 g/mol. The molecule has 0 heterocycles. The minimum atomic E-state index is -0.836. The maximum absolute atomic E-state index is 13.8. The van der Waals surface area contributed by atoms with Crippen molar-refractivity contribution in [2.45, 2.75) is 19.1 Å². The highest BCUT2D eigenvalue weighted by molar-refractivity contribution is 6.31. The summed E-state index contributed by atoms with van der Waals surface area (Å²) < 4.78 is 19.6. The third-order valence-corrected chi connectivity index (χ3v) is 4.33. The highest BCUT2D eigenvalue weighted by Gasteiger charge is 2.14. The molecule has 0 aliphatic carbocycles. The number of hydrogen-bond donors (Lipinski definition) is 1. The minimum Gasteiger partial charge on any atom is -0.489 e. The molecule has 0 aromatic heterocycles. The summed E-state index contributed by atoms with van der Waals surface area (Å²) in [6.07, 6.45) is -0.715. The standard InChI is InChI=1S/C21H18ClFO2/c22-19-7-4-8-20(23)18(19)13-21(24)16-9-11-17(12-10-16)25-14-15-5-2-1-3-6-15/h1-12,21,24H,13-14H2. The molecule has 1 atom stereocenters. The van der Waals surface area contributed by atoms with Gasteiger partial charge in [0.2, 0.25) is 0 Å². The number of aliphatic hydroxyl groups excluding tert-OH is 1. The molecule has 0 fully saturated rings. The Morgan fingerprint density at radius 2 is 1.64 bits per heavy atom. The molecule has 0 aliphatic heterocycles. The summed E-state index contributed by atoms with van der Waals surface area (Å²) in [6.45, 7) is 0.480. The van der Waals surface area contributed by atoms with Gasteiger partial charge in [0, 0.05) is 17.0 Å². The molecule has 1 N–H and O–H groups in total. The van der Waals surface area contributed by atoms with Crippen molar-refractivity contribution in [3.63, 3.8) is 0 Å². The van der Waals surface area contributed by atoms with Crippen LogP contribution in [-0.2, 0) is 13.0 Å². The zero-order valence-corrected chi connectivity index (χ0v) is 14.3. The predicted octanol–water partition coefficient (Wildman–Crippen LogP) is 5.33. The van der Waals surface area contributed by atoms with E-state index in [4.69, 9.17) is 16.3 Å². The minimum absolute atomic E-state index is 0.121. The van der Waals surface area contributed by atoms with Crippen LogP contribution in [-0.4, -0.2) is 5.11 Å². The second-order valence-electron chi connectivity index (χ2n) is 5.76. The van der Waals surface area contributed by atoms with Gasteiger partial charge in [-0.2, -0.15) is 0 Å². The second kappa shape index (κ2) is 8.15. The molecular weight excluding hydrogens is 339 g/mol. The van der Waals surface area contributed by atoms with Gasteiger partial charge in [-0.15, -0.1) is 0 Å². The summed E-state index contributed by atoms with van der Waals surface area (Å²) in [4.78, 5) is 0. The first kappa shape index (κ1) is 17.5. The van der Waals surface area contributed by atoms with Gasteiger partial charge in [0.25, 0.3) is 0 Å². The first-order valence-corrected chi connectivity index (χ1v) is 8.39. The number of hydrogen-bond acceptors (Lipinski definition) is 2. The lowest BCUT2D eigenvalue weighted by Gasteiger charge is -2.14. The lowest BCUT2D eigenvalue weighted by Crippen LogP contribution is -2.04. The summed E-state index contributed by atoms with van der Waals surface area (Å²) in [5, 5.41) is 10.7. The lowest BCUT2D eigenvalue weighted by atomic mass is 10.0. The largest absolute Gasteiger partial charge is 0.489 e. The molecule has 25 heavy (non-hydrogen) atoms. The molecule has 4 heteroatoms. The smallest absolute Gasteiger partial charge is 0.127 e. The van der Waals surface area contributed by atoms with Crippen molar-refractivity contribution in [1.29, 1.82) is 0 Å². The van der Waals surface area contributed by atoms with Gasteiger partial charge in [-0.25, -0.2) is 4.39 Å². The Hall–Kier alpha value is -2.36. The highest BCUT2D eigenvalue weighted by Crippen LogP contribution is 2.27. The van der Waals surface area contributed by atoms with Crippen molar-refractivity contribution >= 4 is 11.6 Å². The first-order valence-electron chi connectivity index (χ1n) is 8.01. The van der Waals surface area contributed by atoms with Gasteiger partial charge in [0.15, 0.2) is 0 Å². The van der Waals surface area contributed by atoms with Crippen LogP contribution >= 0.6 is 11.6 Å². The summed E-state index contributed by atoms with van der Waals surface area (Å²) in [5.74, 6) is 0.304. The first-order chi connectivity index (χ1) is 12.1. The van der Waals surface area contributed by atoms with Gasteiger partial charge in [-0.05, 0) is 35.4 Å². The van der Waals surface area contributed by atoms with E-state index in [1.807, 2.05) is 30.3 Å². The van der Waals surface area contributed by atoms with Gasteiger partial charge in [0.05, 0.1) is 6.10 Å². The molecule has 0 radical (unpaired) electrons. The van der Waals surface area contributed by atoms with Gasteiger partial charge >= 0.3 is 0 Å². The molecule has 1 unspecified atom stereocenters. The average molecular weight is 357 g/mol. The van der Waals surface area contributed by atoms with Crippen LogP contribution in [0.25, 0.3) is 0 Å². The molecule has 0 spiro atoms. The van der Waals surface area contributed by atoms with Crippen LogP contribution in [0, 0.1) is 5.82 Å². The summed E-state index contributed by atoms with van der Waals surface area (Å²) in [6, 6.07) is 21.5. The SMILES string of the molecule is OC(Cc1c(F)cccc1Cl)c1ccc(OCc2ccccc2)cc1. The van der Waals surface area contributed by atoms with Crippen LogP contribution in [0.3, 0.4) is 0 Å². The van der Waals surface area contributed by atoms with Gasteiger partial charge in [-0.3, -0.25) is 0 Å². The molecule has 128 valence electrons. The summed E-state index contributed by atoms with van der Waals surface area (Å²) >= 11 is 6.01. The van der Waals surface area contributed by atoms with Crippen LogP contribution in [0.1, 0.15) is 22.8 Å². The van der Waals surface area contributed by atoms with Crippen LogP contribution in [0.5, 0.6) is 5.75 Å². The summed E-state index contributed by atoms with van der Waals surface area (Å²) in [7, 11) is 0. The molecule has 0 saturated heterocycles. The van der Waals surface area contributed by atoms with Crippen molar-refractivity contribution in [2.75, 3.05) is 0 Å². The fourth-order valence-electron chi connectivity index (χ4n) is 2.57. The zero-order valence-electron chi connectivity index (χ0n) is 13.5. The van der Waals surface area contributed by atoms with Crippen molar-refractivity contribution in [1.82, 2.24) is 0 Å². The average Bonchev–Trinajstić information content (AvgIpc) is 2.64. The molecule has 3 rings (SSSR count). The maximum atomic E-state index is 13.8. The van der Waals surface area contributed by atoms with Crippen LogP contribution in [0.15, 0.2) is 72.8 Å². The number of halogens is 2. The Kier molecular flexibility index (Phi) is 5.69. The highest BCUT2D eigenvalue weighted by atomic mass is 35.5. The normalized spacial score (nSPS) is 12.0. The number of ether oxygens (including phenoxy) is 1. The third-order valence-electron chi connectivity index (χ3n) is 3.97. The Labute approximate surface area is 151 Å². The van der Waals surface area contributed by atoms with Crippen LogP contribution in [0.2, 0.25) is 5.02 Å². The van der Waals surface area contributed by atoms with E-state index >= 15 is 0 Å². The fraction of sp³-hybridized carbons (Fsp3) is 0.143. The van der Waals surface area contributed by atoms with E-state index in [2.05, 4.69) is 0 Å². The molecule has 3 aromatic rings. The van der Waals surface area contributed by atoms with E-state index in [-0.39, 0.29) is 6.42 Å². The molecule has 3 aromatic carbocycles.